The van der Waals surface area contributed by atoms with Crippen molar-refractivity contribution in [2.75, 3.05) is 0 Å². The van der Waals surface area contributed by atoms with Crippen LogP contribution in [0.2, 0.25) is 5.02 Å². The first-order chi connectivity index (χ1) is 6.83. The number of carboxylic acids is 1. The van der Waals surface area contributed by atoms with E-state index >= 15 is 0 Å². The lowest BCUT2D eigenvalue weighted by Crippen LogP contribution is -2.22. The maximum Gasteiger partial charge on any atom is 0.304 e. The van der Waals surface area contributed by atoms with Gasteiger partial charge < -0.3 is 10.2 Å². The van der Waals surface area contributed by atoms with Crippen LogP contribution in [0.4, 0.5) is 0 Å². The van der Waals surface area contributed by atoms with Gasteiger partial charge in [-0.3, -0.25) is 4.79 Å². The van der Waals surface area contributed by atoms with Gasteiger partial charge in [0, 0.05) is 10.4 Å². The summed E-state index contributed by atoms with van der Waals surface area (Å²) in [5.74, 6) is -0.799. The van der Waals surface area contributed by atoms with Gasteiger partial charge in [0.2, 0.25) is 0 Å². The summed E-state index contributed by atoms with van der Waals surface area (Å²) in [4.78, 5) is 10.7. The molecule has 0 aliphatic rings. The molecule has 4 heteroatoms. The highest BCUT2D eigenvalue weighted by Gasteiger charge is 2.26. The molecule has 0 amide bonds. The Labute approximate surface area is 93.3 Å². The quantitative estimate of drug-likeness (QED) is 0.837. The van der Waals surface area contributed by atoms with E-state index in [9.17, 15) is 9.90 Å². The summed E-state index contributed by atoms with van der Waals surface area (Å²) in [6, 6.07) is 4.55. The standard InChI is InChI=1S/C11H13ClO3/c1-11(2,6-10(14)15)8-5-7(13)3-4-9(8)12/h3-5,13H,6H2,1-2H3,(H,14,15). The summed E-state index contributed by atoms with van der Waals surface area (Å²) >= 11 is 5.96. The highest BCUT2D eigenvalue weighted by atomic mass is 35.5. The van der Waals surface area contributed by atoms with Gasteiger partial charge in [0.05, 0.1) is 6.42 Å². The van der Waals surface area contributed by atoms with E-state index in [1.165, 1.54) is 12.1 Å². The van der Waals surface area contributed by atoms with Crippen molar-refractivity contribution < 1.29 is 15.0 Å². The molecule has 0 unspecified atom stereocenters. The maximum atomic E-state index is 10.7. The minimum absolute atomic E-state index is 0.0316. The molecular formula is C11H13ClO3. The molecule has 1 aromatic carbocycles. The molecule has 82 valence electrons. The van der Waals surface area contributed by atoms with Gasteiger partial charge in [-0.25, -0.2) is 0 Å². The van der Waals surface area contributed by atoms with E-state index in [-0.39, 0.29) is 12.2 Å². The molecule has 0 aromatic heterocycles. The molecule has 0 aliphatic carbocycles. The SMILES string of the molecule is CC(C)(CC(=O)O)c1cc(O)ccc1Cl. The van der Waals surface area contributed by atoms with Crippen LogP contribution in [0.25, 0.3) is 0 Å². The summed E-state index contributed by atoms with van der Waals surface area (Å²) in [7, 11) is 0. The van der Waals surface area contributed by atoms with Crippen LogP contribution in [0.5, 0.6) is 5.75 Å². The second-order valence-corrected chi connectivity index (χ2v) is 4.53. The van der Waals surface area contributed by atoms with Crippen molar-refractivity contribution in [1.82, 2.24) is 0 Å². The second kappa shape index (κ2) is 4.11. The monoisotopic (exact) mass is 228 g/mol. The van der Waals surface area contributed by atoms with Crippen LogP contribution in [-0.4, -0.2) is 16.2 Å². The first-order valence-electron chi connectivity index (χ1n) is 4.54. The van der Waals surface area contributed by atoms with Crippen LogP contribution in [0.3, 0.4) is 0 Å². The van der Waals surface area contributed by atoms with Gasteiger partial charge in [-0.15, -0.1) is 0 Å². The van der Waals surface area contributed by atoms with Gasteiger partial charge in [-0.05, 0) is 23.8 Å². The molecule has 0 atom stereocenters. The average molecular weight is 229 g/mol. The van der Waals surface area contributed by atoms with Crippen LogP contribution in [-0.2, 0) is 10.2 Å². The number of rotatable bonds is 3. The number of carboxylic acid groups (broad SMARTS) is 1. The largest absolute Gasteiger partial charge is 0.508 e. The van der Waals surface area contributed by atoms with E-state index in [1.807, 2.05) is 0 Å². The van der Waals surface area contributed by atoms with Crippen molar-refractivity contribution >= 4 is 17.6 Å². The Hall–Kier alpha value is -1.22. The Morgan fingerprint density at radius 2 is 2.07 bits per heavy atom. The zero-order valence-corrected chi connectivity index (χ0v) is 9.38. The molecular weight excluding hydrogens is 216 g/mol. The van der Waals surface area contributed by atoms with Crippen LogP contribution >= 0.6 is 11.6 Å². The summed E-state index contributed by atoms with van der Waals surface area (Å²) < 4.78 is 0. The predicted octanol–water partition coefficient (Wildman–Crippen LogP) is 2.80. The summed E-state index contributed by atoms with van der Waals surface area (Å²) in [5, 5.41) is 18.6. The number of hydrogen-bond donors (Lipinski definition) is 2. The van der Waals surface area contributed by atoms with Gasteiger partial charge >= 0.3 is 5.97 Å². The van der Waals surface area contributed by atoms with Crippen molar-refractivity contribution in [2.24, 2.45) is 0 Å². The topological polar surface area (TPSA) is 57.5 Å². The second-order valence-electron chi connectivity index (χ2n) is 4.12. The minimum Gasteiger partial charge on any atom is -0.508 e. The van der Waals surface area contributed by atoms with E-state index in [1.54, 1.807) is 19.9 Å². The molecule has 0 aliphatic heterocycles. The summed E-state index contributed by atoms with van der Waals surface area (Å²) in [5.41, 5.74) is 0.0494. The third kappa shape index (κ3) is 2.86. The third-order valence-corrected chi connectivity index (χ3v) is 2.60. The lowest BCUT2D eigenvalue weighted by molar-refractivity contribution is -0.138. The Balaban J connectivity index is 3.13. The van der Waals surface area contributed by atoms with E-state index in [4.69, 9.17) is 16.7 Å². The number of hydrogen-bond acceptors (Lipinski definition) is 2. The fraction of sp³-hybridized carbons (Fsp3) is 0.364. The minimum atomic E-state index is -0.889. The molecule has 0 spiro atoms. The fourth-order valence-corrected chi connectivity index (χ4v) is 1.88. The smallest absolute Gasteiger partial charge is 0.304 e. The molecule has 0 saturated carbocycles. The van der Waals surface area contributed by atoms with E-state index in [2.05, 4.69) is 0 Å². The molecule has 0 bridgehead atoms. The molecule has 0 fully saturated rings. The Kier molecular flexibility index (Phi) is 3.25. The van der Waals surface area contributed by atoms with Crippen molar-refractivity contribution in [2.45, 2.75) is 25.7 Å². The molecule has 1 rings (SSSR count). The zero-order valence-electron chi connectivity index (χ0n) is 8.62. The van der Waals surface area contributed by atoms with E-state index < -0.39 is 11.4 Å². The third-order valence-electron chi connectivity index (χ3n) is 2.27. The van der Waals surface area contributed by atoms with Crippen molar-refractivity contribution in [3.63, 3.8) is 0 Å². The Morgan fingerprint density at radius 1 is 1.47 bits per heavy atom. The van der Waals surface area contributed by atoms with Crippen LogP contribution in [0.15, 0.2) is 18.2 Å². The first kappa shape index (κ1) is 11.9. The Morgan fingerprint density at radius 3 is 2.60 bits per heavy atom. The van der Waals surface area contributed by atoms with Crippen molar-refractivity contribution in [1.29, 1.82) is 0 Å². The molecule has 0 saturated heterocycles. The highest BCUT2D eigenvalue weighted by molar-refractivity contribution is 6.31. The molecule has 0 radical (unpaired) electrons. The lowest BCUT2D eigenvalue weighted by Gasteiger charge is -2.24. The number of halogens is 1. The van der Waals surface area contributed by atoms with Gasteiger partial charge in [0.15, 0.2) is 0 Å². The van der Waals surface area contributed by atoms with Gasteiger partial charge in [-0.2, -0.15) is 0 Å². The van der Waals surface area contributed by atoms with Gasteiger partial charge in [0.1, 0.15) is 5.75 Å². The molecule has 1 aromatic rings. The average Bonchev–Trinajstić information content (AvgIpc) is 2.06. The molecule has 2 N–H and O–H groups in total. The lowest BCUT2D eigenvalue weighted by atomic mass is 9.81. The number of aliphatic carboxylic acids is 1. The predicted molar refractivity (Wildman–Crippen MR) is 58.4 cm³/mol. The normalized spacial score (nSPS) is 11.4. The molecule has 0 heterocycles. The number of aromatic hydroxyl groups is 1. The molecule has 3 nitrogen and oxygen atoms in total. The zero-order chi connectivity index (χ0) is 11.6. The summed E-state index contributed by atoms with van der Waals surface area (Å²) in [6.07, 6.45) is -0.0316. The van der Waals surface area contributed by atoms with Gasteiger partial charge in [-0.1, -0.05) is 25.4 Å². The van der Waals surface area contributed by atoms with E-state index in [0.717, 1.165) is 0 Å². The van der Waals surface area contributed by atoms with Crippen LogP contribution < -0.4 is 0 Å². The van der Waals surface area contributed by atoms with Crippen molar-refractivity contribution in [3.05, 3.63) is 28.8 Å². The number of benzene rings is 1. The van der Waals surface area contributed by atoms with Crippen LogP contribution in [0, 0.1) is 0 Å². The number of phenolic OH excluding ortho intramolecular Hbond substituents is 1. The van der Waals surface area contributed by atoms with Gasteiger partial charge in [0.25, 0.3) is 0 Å². The highest BCUT2D eigenvalue weighted by Crippen LogP contribution is 2.34. The number of phenols is 1. The van der Waals surface area contributed by atoms with Crippen LogP contribution in [0.1, 0.15) is 25.8 Å². The Bertz CT molecular complexity index is 385. The number of carbonyl (C=O) groups is 1. The molecule has 15 heavy (non-hydrogen) atoms. The van der Waals surface area contributed by atoms with E-state index in [0.29, 0.717) is 10.6 Å². The fourth-order valence-electron chi connectivity index (χ4n) is 1.51. The summed E-state index contributed by atoms with van der Waals surface area (Å²) in [6.45, 7) is 3.56. The first-order valence-corrected chi connectivity index (χ1v) is 4.91. The maximum absolute atomic E-state index is 10.7. The van der Waals surface area contributed by atoms with Crippen molar-refractivity contribution in [3.8, 4) is 5.75 Å².